The van der Waals surface area contributed by atoms with Crippen LogP contribution in [0.25, 0.3) is 0 Å². The first-order chi connectivity index (χ1) is 7.65. The van der Waals surface area contributed by atoms with Crippen molar-refractivity contribution >= 4 is 21.7 Å². The first-order valence-electron chi connectivity index (χ1n) is 5.24. The lowest BCUT2D eigenvalue weighted by molar-refractivity contribution is -0.127. The Balaban J connectivity index is 2.05. The van der Waals surface area contributed by atoms with Crippen molar-refractivity contribution in [3.05, 3.63) is 34.1 Å². The summed E-state index contributed by atoms with van der Waals surface area (Å²) in [4.78, 5) is 11.8. The highest BCUT2D eigenvalue weighted by molar-refractivity contribution is 9.10. The van der Waals surface area contributed by atoms with Gasteiger partial charge >= 0.3 is 0 Å². The van der Waals surface area contributed by atoms with E-state index in [0.29, 0.717) is 16.6 Å². The lowest BCUT2D eigenvalue weighted by atomic mass is 10.0. The van der Waals surface area contributed by atoms with Crippen LogP contribution in [0, 0.1) is 5.82 Å². The summed E-state index contributed by atoms with van der Waals surface area (Å²) >= 11 is 3.20. The van der Waals surface area contributed by atoms with Crippen LogP contribution in [-0.4, -0.2) is 18.5 Å². The Bertz CT molecular complexity index is 380. The van der Waals surface area contributed by atoms with Crippen LogP contribution in [0.4, 0.5) is 4.39 Å². The second kappa shape index (κ2) is 5.06. The van der Waals surface area contributed by atoms with Gasteiger partial charge < -0.3 is 4.74 Å². The average Bonchev–Trinajstić information content (AvgIpc) is 2.68. The summed E-state index contributed by atoms with van der Waals surface area (Å²) in [5, 5.41) is 0. The fraction of sp³-hybridized carbons (Fsp3) is 0.417. The van der Waals surface area contributed by atoms with Crippen molar-refractivity contribution in [1.29, 1.82) is 0 Å². The lowest BCUT2D eigenvalue weighted by Crippen LogP contribution is -2.21. The molecule has 2 rings (SSSR count). The Labute approximate surface area is 102 Å². The van der Waals surface area contributed by atoms with E-state index in [9.17, 15) is 9.18 Å². The fourth-order valence-electron chi connectivity index (χ4n) is 1.86. The van der Waals surface area contributed by atoms with Crippen molar-refractivity contribution in [2.45, 2.75) is 25.4 Å². The maximum Gasteiger partial charge on any atom is 0.165 e. The number of ether oxygens (including phenoxy) is 1. The van der Waals surface area contributed by atoms with Crippen molar-refractivity contribution in [2.75, 3.05) is 6.61 Å². The molecule has 0 amide bonds. The van der Waals surface area contributed by atoms with Crippen molar-refractivity contribution < 1.29 is 13.9 Å². The van der Waals surface area contributed by atoms with Gasteiger partial charge in [-0.25, -0.2) is 4.39 Å². The Kier molecular flexibility index (Phi) is 3.71. The minimum atomic E-state index is -0.329. The highest BCUT2D eigenvalue weighted by atomic mass is 79.9. The van der Waals surface area contributed by atoms with E-state index in [1.165, 1.54) is 12.1 Å². The zero-order valence-electron chi connectivity index (χ0n) is 8.71. The second-order valence-corrected chi connectivity index (χ2v) is 4.84. The third-order valence-electron chi connectivity index (χ3n) is 2.59. The van der Waals surface area contributed by atoms with E-state index in [1.807, 2.05) is 0 Å². The number of benzene rings is 1. The molecule has 1 heterocycles. The van der Waals surface area contributed by atoms with Gasteiger partial charge in [0.25, 0.3) is 0 Å². The molecular weight excluding hydrogens is 275 g/mol. The largest absolute Gasteiger partial charge is 0.370 e. The number of hydrogen-bond donors (Lipinski definition) is 0. The van der Waals surface area contributed by atoms with Crippen LogP contribution in [0.1, 0.15) is 18.4 Å². The predicted molar refractivity (Wildman–Crippen MR) is 61.8 cm³/mol. The number of carbonyl (C=O) groups excluding carboxylic acids is 1. The van der Waals surface area contributed by atoms with E-state index in [4.69, 9.17) is 4.74 Å². The van der Waals surface area contributed by atoms with Crippen molar-refractivity contribution in [3.8, 4) is 0 Å². The summed E-state index contributed by atoms with van der Waals surface area (Å²) < 4.78 is 19.0. The van der Waals surface area contributed by atoms with E-state index in [1.54, 1.807) is 6.07 Å². The Morgan fingerprint density at radius 2 is 2.31 bits per heavy atom. The molecule has 1 atom stereocenters. The Morgan fingerprint density at radius 3 is 2.94 bits per heavy atom. The van der Waals surface area contributed by atoms with Gasteiger partial charge in [-0.2, -0.15) is 0 Å². The summed E-state index contributed by atoms with van der Waals surface area (Å²) in [6, 6.07) is 4.52. The summed E-state index contributed by atoms with van der Waals surface area (Å²) in [5.74, 6) is -0.292. The zero-order valence-corrected chi connectivity index (χ0v) is 10.3. The molecule has 0 N–H and O–H groups in total. The number of hydrogen-bond acceptors (Lipinski definition) is 2. The SMILES string of the molecule is O=C(Cc1cc(F)cc(Br)c1)C1CCCO1. The normalized spacial score (nSPS) is 20.0. The molecule has 0 aromatic heterocycles. The van der Waals surface area contributed by atoms with Crippen molar-refractivity contribution in [3.63, 3.8) is 0 Å². The van der Waals surface area contributed by atoms with Gasteiger partial charge in [0.05, 0.1) is 0 Å². The van der Waals surface area contributed by atoms with E-state index in [2.05, 4.69) is 15.9 Å². The summed E-state index contributed by atoms with van der Waals surface area (Å²) in [6.45, 7) is 0.656. The van der Waals surface area contributed by atoms with Gasteiger partial charge in [0.2, 0.25) is 0 Å². The number of rotatable bonds is 3. The second-order valence-electron chi connectivity index (χ2n) is 3.92. The van der Waals surface area contributed by atoms with E-state index >= 15 is 0 Å². The molecule has 86 valence electrons. The quantitative estimate of drug-likeness (QED) is 0.854. The van der Waals surface area contributed by atoms with Gasteiger partial charge in [-0.3, -0.25) is 4.79 Å². The molecule has 1 aromatic carbocycles. The molecule has 0 saturated carbocycles. The number of ketones is 1. The summed E-state index contributed by atoms with van der Waals surface area (Å²) in [5.41, 5.74) is 0.687. The Morgan fingerprint density at radius 1 is 1.50 bits per heavy atom. The molecule has 0 aliphatic carbocycles. The number of halogens is 2. The minimum Gasteiger partial charge on any atom is -0.370 e. The van der Waals surface area contributed by atoms with Crippen LogP contribution >= 0.6 is 15.9 Å². The van der Waals surface area contributed by atoms with Gasteiger partial charge in [-0.05, 0) is 36.6 Å². The van der Waals surface area contributed by atoms with Crippen molar-refractivity contribution in [2.24, 2.45) is 0 Å². The summed E-state index contributed by atoms with van der Waals surface area (Å²) in [6.07, 6.45) is 1.67. The third kappa shape index (κ3) is 2.89. The molecular formula is C12H12BrFO2. The molecule has 1 unspecified atom stereocenters. The lowest BCUT2D eigenvalue weighted by Gasteiger charge is -2.08. The van der Waals surface area contributed by atoms with Gasteiger partial charge in [0, 0.05) is 17.5 Å². The third-order valence-corrected chi connectivity index (χ3v) is 3.05. The molecule has 1 fully saturated rings. The fourth-order valence-corrected chi connectivity index (χ4v) is 2.37. The molecule has 1 aromatic rings. The topological polar surface area (TPSA) is 26.3 Å². The number of Topliss-reactive ketones (excluding diaryl/α,β-unsaturated/α-hetero) is 1. The first kappa shape index (κ1) is 11.7. The highest BCUT2D eigenvalue weighted by Gasteiger charge is 2.23. The monoisotopic (exact) mass is 286 g/mol. The summed E-state index contributed by atoms with van der Waals surface area (Å²) in [7, 11) is 0. The molecule has 16 heavy (non-hydrogen) atoms. The highest BCUT2D eigenvalue weighted by Crippen LogP contribution is 2.18. The average molecular weight is 287 g/mol. The van der Waals surface area contributed by atoms with Gasteiger partial charge in [0.15, 0.2) is 5.78 Å². The molecule has 1 aliphatic heterocycles. The molecule has 0 bridgehead atoms. The van der Waals surface area contributed by atoms with Crippen LogP contribution in [0.5, 0.6) is 0 Å². The molecule has 0 spiro atoms. The van der Waals surface area contributed by atoms with Crippen LogP contribution in [0.2, 0.25) is 0 Å². The smallest absolute Gasteiger partial charge is 0.165 e. The van der Waals surface area contributed by atoms with Gasteiger partial charge in [0.1, 0.15) is 11.9 Å². The first-order valence-corrected chi connectivity index (χ1v) is 6.04. The Hall–Kier alpha value is -0.740. The van der Waals surface area contributed by atoms with Crippen LogP contribution in [0.3, 0.4) is 0 Å². The zero-order chi connectivity index (χ0) is 11.5. The predicted octanol–water partition coefficient (Wildman–Crippen LogP) is 2.88. The van der Waals surface area contributed by atoms with E-state index < -0.39 is 0 Å². The van der Waals surface area contributed by atoms with Gasteiger partial charge in [-0.15, -0.1) is 0 Å². The maximum atomic E-state index is 13.1. The maximum absolute atomic E-state index is 13.1. The molecule has 1 saturated heterocycles. The van der Waals surface area contributed by atoms with Gasteiger partial charge in [-0.1, -0.05) is 15.9 Å². The molecule has 4 heteroatoms. The van der Waals surface area contributed by atoms with E-state index in [-0.39, 0.29) is 24.1 Å². The van der Waals surface area contributed by atoms with Crippen LogP contribution in [0.15, 0.2) is 22.7 Å². The molecule has 2 nitrogen and oxygen atoms in total. The molecule has 1 aliphatic rings. The van der Waals surface area contributed by atoms with Crippen LogP contribution < -0.4 is 0 Å². The minimum absolute atomic E-state index is 0.0370. The van der Waals surface area contributed by atoms with E-state index in [0.717, 1.165) is 12.8 Å². The standard InChI is InChI=1S/C12H12BrFO2/c13-9-4-8(5-10(14)7-9)6-11(15)12-2-1-3-16-12/h4-5,7,12H,1-3,6H2. The van der Waals surface area contributed by atoms with Crippen molar-refractivity contribution in [1.82, 2.24) is 0 Å². The van der Waals surface area contributed by atoms with Crippen LogP contribution in [-0.2, 0) is 16.0 Å². The molecule has 0 radical (unpaired) electrons. The number of carbonyl (C=O) groups is 1.